The van der Waals surface area contributed by atoms with E-state index in [2.05, 4.69) is 0 Å². The summed E-state index contributed by atoms with van der Waals surface area (Å²) in [5, 5.41) is 0.692. The number of rotatable bonds is 6. The summed E-state index contributed by atoms with van der Waals surface area (Å²) < 4.78 is 11.3. The summed E-state index contributed by atoms with van der Waals surface area (Å²) in [6, 6.07) is 5.56. The van der Waals surface area contributed by atoms with E-state index in [-0.39, 0.29) is 0 Å². The Morgan fingerprint density at radius 1 is 1.39 bits per heavy atom. The molecule has 2 nitrogen and oxygen atoms in total. The van der Waals surface area contributed by atoms with Gasteiger partial charge in [-0.3, -0.25) is 0 Å². The van der Waals surface area contributed by atoms with E-state index in [1.165, 1.54) is 12.8 Å². The molecular weight excluding hydrogens is 271 g/mol. The lowest BCUT2D eigenvalue weighted by Gasteiger charge is -2.12. The molecule has 2 rings (SSSR count). The number of hydrogen-bond acceptors (Lipinski definition) is 2. The molecule has 0 N–H and O–H groups in total. The lowest BCUT2D eigenvalue weighted by atomic mass is 10.1. The molecule has 18 heavy (non-hydrogen) atoms. The number of alkyl halides is 1. The highest BCUT2D eigenvalue weighted by Gasteiger charge is 2.14. The predicted octanol–water partition coefficient (Wildman–Crippen LogP) is 4.42. The molecule has 0 spiro atoms. The second-order valence-corrected chi connectivity index (χ2v) is 5.22. The van der Waals surface area contributed by atoms with E-state index >= 15 is 0 Å². The van der Waals surface area contributed by atoms with Crippen LogP contribution in [0.4, 0.5) is 0 Å². The molecule has 1 heterocycles. The first-order valence-corrected chi connectivity index (χ1v) is 7.29. The van der Waals surface area contributed by atoms with Gasteiger partial charge >= 0.3 is 0 Å². The maximum atomic E-state index is 5.91. The van der Waals surface area contributed by atoms with E-state index in [0.717, 1.165) is 30.8 Å². The second-order valence-electron chi connectivity index (χ2n) is 4.51. The van der Waals surface area contributed by atoms with Crippen LogP contribution in [0.3, 0.4) is 0 Å². The van der Waals surface area contributed by atoms with Gasteiger partial charge in [0, 0.05) is 17.2 Å². The van der Waals surface area contributed by atoms with Gasteiger partial charge in [0.2, 0.25) is 0 Å². The molecule has 4 heteroatoms. The van der Waals surface area contributed by atoms with Crippen molar-refractivity contribution in [1.29, 1.82) is 0 Å². The summed E-state index contributed by atoms with van der Waals surface area (Å²) >= 11 is 11.8. The highest BCUT2D eigenvalue weighted by atomic mass is 35.5. The molecule has 0 saturated carbocycles. The Morgan fingerprint density at radius 2 is 2.28 bits per heavy atom. The van der Waals surface area contributed by atoms with Gasteiger partial charge in [0.25, 0.3) is 0 Å². The average Bonchev–Trinajstić information content (AvgIpc) is 2.89. The molecule has 1 aliphatic heterocycles. The molecule has 1 unspecified atom stereocenters. The molecule has 1 atom stereocenters. The third-order valence-electron chi connectivity index (χ3n) is 3.12. The van der Waals surface area contributed by atoms with Crippen molar-refractivity contribution in [3.63, 3.8) is 0 Å². The lowest BCUT2D eigenvalue weighted by Crippen LogP contribution is -2.08. The minimum Gasteiger partial charge on any atom is -0.493 e. The Hall–Kier alpha value is -0.440. The summed E-state index contributed by atoms with van der Waals surface area (Å²) in [5.41, 5.74) is 0.946. The third-order valence-corrected chi connectivity index (χ3v) is 3.64. The minimum absolute atomic E-state index is 0.418. The van der Waals surface area contributed by atoms with Crippen molar-refractivity contribution < 1.29 is 9.47 Å². The van der Waals surface area contributed by atoms with Crippen LogP contribution in [0.5, 0.6) is 5.75 Å². The molecule has 0 radical (unpaired) electrons. The van der Waals surface area contributed by atoms with Gasteiger partial charge in [-0.05, 0) is 43.9 Å². The molecule has 0 aromatic heterocycles. The molecule has 1 fully saturated rings. The van der Waals surface area contributed by atoms with Gasteiger partial charge in [0.05, 0.1) is 18.6 Å². The maximum Gasteiger partial charge on any atom is 0.123 e. The predicted molar refractivity (Wildman–Crippen MR) is 74.7 cm³/mol. The zero-order chi connectivity index (χ0) is 12.8. The monoisotopic (exact) mass is 288 g/mol. The van der Waals surface area contributed by atoms with Crippen LogP contribution < -0.4 is 4.74 Å². The summed E-state index contributed by atoms with van der Waals surface area (Å²) in [6.45, 7) is 1.62. The highest BCUT2D eigenvalue weighted by molar-refractivity contribution is 6.30. The van der Waals surface area contributed by atoms with Crippen molar-refractivity contribution in [3.05, 3.63) is 28.8 Å². The SMILES string of the molecule is ClCc1cc(Cl)ccc1OCCCC1CCCO1. The summed E-state index contributed by atoms with van der Waals surface area (Å²) in [6.07, 6.45) is 4.90. The van der Waals surface area contributed by atoms with Crippen LogP contribution in [-0.2, 0) is 10.6 Å². The second kappa shape index (κ2) is 7.22. The molecule has 1 aromatic rings. The topological polar surface area (TPSA) is 18.5 Å². The fourth-order valence-electron chi connectivity index (χ4n) is 2.16. The number of hydrogen-bond donors (Lipinski definition) is 0. The van der Waals surface area contributed by atoms with E-state index in [1.54, 1.807) is 0 Å². The minimum atomic E-state index is 0.418. The van der Waals surface area contributed by atoms with Crippen molar-refractivity contribution in [2.75, 3.05) is 13.2 Å². The standard InChI is InChI=1S/C14H18Cl2O2/c15-10-11-9-12(16)5-6-14(11)18-8-2-4-13-3-1-7-17-13/h5-6,9,13H,1-4,7-8,10H2. The fourth-order valence-corrected chi connectivity index (χ4v) is 2.56. The van der Waals surface area contributed by atoms with E-state index in [9.17, 15) is 0 Å². The summed E-state index contributed by atoms with van der Waals surface area (Å²) in [7, 11) is 0. The third kappa shape index (κ3) is 4.04. The Balaban J connectivity index is 1.75. The molecule has 1 saturated heterocycles. The molecule has 100 valence electrons. The lowest BCUT2D eigenvalue weighted by molar-refractivity contribution is 0.0981. The Bertz CT molecular complexity index is 376. The van der Waals surface area contributed by atoms with Crippen LogP contribution in [-0.4, -0.2) is 19.3 Å². The summed E-state index contributed by atoms with van der Waals surface area (Å²) in [4.78, 5) is 0. The Labute approximate surface area is 118 Å². The molecule has 0 aliphatic carbocycles. The smallest absolute Gasteiger partial charge is 0.123 e. The van der Waals surface area contributed by atoms with Gasteiger partial charge < -0.3 is 9.47 Å². The van der Waals surface area contributed by atoms with E-state index < -0.39 is 0 Å². The number of halogens is 2. The van der Waals surface area contributed by atoms with E-state index in [1.807, 2.05) is 18.2 Å². The van der Waals surface area contributed by atoms with Crippen LogP contribution in [0, 0.1) is 0 Å². The Morgan fingerprint density at radius 3 is 3.00 bits per heavy atom. The van der Waals surface area contributed by atoms with Crippen molar-refractivity contribution in [2.24, 2.45) is 0 Å². The van der Waals surface area contributed by atoms with Gasteiger partial charge in [-0.15, -0.1) is 11.6 Å². The fraction of sp³-hybridized carbons (Fsp3) is 0.571. The quantitative estimate of drug-likeness (QED) is 0.570. The highest BCUT2D eigenvalue weighted by Crippen LogP contribution is 2.25. The number of ether oxygens (including phenoxy) is 2. The molecular formula is C14H18Cl2O2. The van der Waals surface area contributed by atoms with Gasteiger partial charge in [0.15, 0.2) is 0 Å². The zero-order valence-electron chi connectivity index (χ0n) is 10.3. The van der Waals surface area contributed by atoms with Gasteiger partial charge in [-0.25, -0.2) is 0 Å². The molecule has 1 aliphatic rings. The largest absolute Gasteiger partial charge is 0.493 e. The first-order valence-electron chi connectivity index (χ1n) is 6.38. The first kappa shape index (κ1) is 14.0. The molecule has 1 aromatic carbocycles. The van der Waals surface area contributed by atoms with Gasteiger partial charge in [-0.1, -0.05) is 11.6 Å². The molecule has 0 amide bonds. The average molecular weight is 289 g/mol. The van der Waals surface area contributed by atoms with Gasteiger partial charge in [-0.2, -0.15) is 0 Å². The van der Waals surface area contributed by atoms with E-state index in [0.29, 0.717) is 23.6 Å². The van der Waals surface area contributed by atoms with Crippen molar-refractivity contribution >= 4 is 23.2 Å². The van der Waals surface area contributed by atoms with Crippen LogP contribution in [0.2, 0.25) is 5.02 Å². The van der Waals surface area contributed by atoms with Crippen LogP contribution >= 0.6 is 23.2 Å². The van der Waals surface area contributed by atoms with Crippen molar-refractivity contribution in [3.8, 4) is 5.75 Å². The Kier molecular flexibility index (Phi) is 5.61. The summed E-state index contributed by atoms with van der Waals surface area (Å²) in [5.74, 6) is 1.25. The van der Waals surface area contributed by atoms with Gasteiger partial charge in [0.1, 0.15) is 5.75 Å². The first-order chi connectivity index (χ1) is 8.79. The van der Waals surface area contributed by atoms with Crippen molar-refractivity contribution in [2.45, 2.75) is 37.7 Å². The van der Waals surface area contributed by atoms with Crippen LogP contribution in [0.25, 0.3) is 0 Å². The van der Waals surface area contributed by atoms with Crippen molar-refractivity contribution in [1.82, 2.24) is 0 Å². The molecule has 0 bridgehead atoms. The van der Waals surface area contributed by atoms with Crippen LogP contribution in [0.1, 0.15) is 31.2 Å². The maximum absolute atomic E-state index is 5.91. The zero-order valence-corrected chi connectivity index (χ0v) is 11.8. The number of benzene rings is 1. The van der Waals surface area contributed by atoms with E-state index in [4.69, 9.17) is 32.7 Å². The van der Waals surface area contributed by atoms with Crippen LogP contribution in [0.15, 0.2) is 18.2 Å². The normalized spacial score (nSPS) is 19.1.